The third-order valence-electron chi connectivity index (χ3n) is 3.21. The van der Waals surface area contributed by atoms with Crippen LogP contribution in [0.2, 0.25) is 0 Å². The first kappa shape index (κ1) is 12.6. The Morgan fingerprint density at radius 1 is 1.56 bits per heavy atom. The van der Waals surface area contributed by atoms with Gasteiger partial charge in [-0.3, -0.25) is 4.79 Å². The van der Waals surface area contributed by atoms with Crippen molar-refractivity contribution in [2.24, 2.45) is 5.92 Å². The van der Waals surface area contributed by atoms with Gasteiger partial charge in [0.2, 0.25) is 5.78 Å². The zero-order valence-corrected chi connectivity index (χ0v) is 10.3. The fourth-order valence-corrected chi connectivity index (χ4v) is 3.88. The average molecular weight is 271 g/mol. The molecule has 0 aliphatic carbocycles. The smallest absolute Gasteiger partial charge is 0.374 e. The number of rotatable bonds is 2. The van der Waals surface area contributed by atoms with E-state index in [-0.39, 0.29) is 5.60 Å². The Kier molecular flexibility index (Phi) is 3.48. The van der Waals surface area contributed by atoms with Crippen LogP contribution in [0.1, 0.15) is 19.3 Å². The van der Waals surface area contributed by atoms with Crippen molar-refractivity contribution in [1.29, 1.82) is 0 Å². The standard InChI is InChI=1S/C10H13ClF2O2S/c11-10(12,13)8(14)7-1-3-15-9(5-7)2-4-16-6-9/h7H,1-6H2. The number of ketones is 1. The maximum Gasteiger partial charge on any atom is 0.380 e. The van der Waals surface area contributed by atoms with E-state index in [9.17, 15) is 13.6 Å². The van der Waals surface area contributed by atoms with Crippen molar-refractivity contribution in [2.75, 3.05) is 18.1 Å². The van der Waals surface area contributed by atoms with Gasteiger partial charge in [-0.1, -0.05) is 0 Å². The van der Waals surface area contributed by atoms with Crippen LogP contribution in [0.3, 0.4) is 0 Å². The summed E-state index contributed by atoms with van der Waals surface area (Å²) in [6.07, 6.45) is 1.59. The summed E-state index contributed by atoms with van der Waals surface area (Å²) >= 11 is 6.53. The summed E-state index contributed by atoms with van der Waals surface area (Å²) < 4.78 is 31.1. The Morgan fingerprint density at radius 2 is 2.31 bits per heavy atom. The molecule has 2 aliphatic rings. The molecular formula is C10H13ClF2O2S. The second kappa shape index (κ2) is 4.42. The van der Waals surface area contributed by atoms with Crippen LogP contribution in [0, 0.1) is 5.92 Å². The summed E-state index contributed by atoms with van der Waals surface area (Å²) in [6, 6.07) is 0. The van der Waals surface area contributed by atoms with Crippen LogP contribution in [0.4, 0.5) is 8.78 Å². The molecule has 2 fully saturated rings. The second-order valence-electron chi connectivity index (χ2n) is 4.39. The molecule has 0 aromatic rings. The molecule has 2 rings (SSSR count). The first-order valence-electron chi connectivity index (χ1n) is 5.26. The maximum atomic E-state index is 12.7. The van der Waals surface area contributed by atoms with Crippen molar-refractivity contribution in [2.45, 2.75) is 30.2 Å². The normalized spacial score (nSPS) is 35.6. The zero-order valence-electron chi connectivity index (χ0n) is 8.68. The van der Waals surface area contributed by atoms with Crippen LogP contribution < -0.4 is 0 Å². The van der Waals surface area contributed by atoms with Gasteiger partial charge in [-0.2, -0.15) is 20.5 Å². The largest absolute Gasteiger partial charge is 0.380 e. The SMILES string of the molecule is O=C(C1CCOC2(CCSC2)C1)C(F)(F)Cl. The molecule has 2 saturated heterocycles. The van der Waals surface area contributed by atoms with Crippen LogP contribution >= 0.6 is 23.4 Å². The van der Waals surface area contributed by atoms with E-state index >= 15 is 0 Å². The highest BCUT2D eigenvalue weighted by molar-refractivity contribution is 7.99. The van der Waals surface area contributed by atoms with Gasteiger partial charge in [0, 0.05) is 18.3 Å². The summed E-state index contributed by atoms with van der Waals surface area (Å²) in [7, 11) is 0. The van der Waals surface area contributed by atoms with E-state index in [1.165, 1.54) is 0 Å². The van der Waals surface area contributed by atoms with E-state index in [0.29, 0.717) is 19.4 Å². The number of halogens is 3. The number of thioether (sulfide) groups is 1. The Balaban J connectivity index is 2.04. The fraction of sp³-hybridized carbons (Fsp3) is 0.900. The summed E-state index contributed by atoms with van der Waals surface area (Å²) in [5, 5.41) is -3.73. The molecule has 16 heavy (non-hydrogen) atoms. The van der Waals surface area contributed by atoms with E-state index in [1.54, 1.807) is 11.8 Å². The minimum atomic E-state index is -3.73. The van der Waals surface area contributed by atoms with Crippen molar-refractivity contribution in [3.05, 3.63) is 0 Å². The first-order chi connectivity index (χ1) is 7.43. The van der Waals surface area contributed by atoms with Crippen molar-refractivity contribution in [1.82, 2.24) is 0 Å². The van der Waals surface area contributed by atoms with Gasteiger partial charge in [0.15, 0.2) is 0 Å². The van der Waals surface area contributed by atoms with Gasteiger partial charge in [0.05, 0.1) is 5.60 Å². The molecule has 2 unspecified atom stereocenters. The van der Waals surface area contributed by atoms with E-state index in [4.69, 9.17) is 16.3 Å². The number of carbonyl (C=O) groups is 1. The number of alkyl halides is 3. The number of carbonyl (C=O) groups excluding carboxylic acids is 1. The molecule has 0 aromatic heterocycles. The van der Waals surface area contributed by atoms with Gasteiger partial charge in [-0.05, 0) is 36.6 Å². The molecule has 6 heteroatoms. The zero-order chi connectivity index (χ0) is 11.8. The van der Waals surface area contributed by atoms with Crippen LogP contribution in [0.25, 0.3) is 0 Å². The van der Waals surface area contributed by atoms with Crippen molar-refractivity contribution < 1.29 is 18.3 Å². The van der Waals surface area contributed by atoms with Gasteiger partial charge in [0.25, 0.3) is 0 Å². The molecule has 0 saturated carbocycles. The summed E-state index contributed by atoms with van der Waals surface area (Å²) in [5.41, 5.74) is -0.356. The molecule has 2 nitrogen and oxygen atoms in total. The van der Waals surface area contributed by atoms with Crippen LogP contribution in [-0.2, 0) is 9.53 Å². The van der Waals surface area contributed by atoms with Crippen molar-refractivity contribution >= 4 is 29.1 Å². The Hall–Kier alpha value is 0.130. The van der Waals surface area contributed by atoms with Gasteiger partial charge in [-0.25, -0.2) is 0 Å². The van der Waals surface area contributed by atoms with Crippen LogP contribution in [0.5, 0.6) is 0 Å². The van der Waals surface area contributed by atoms with Crippen LogP contribution in [0.15, 0.2) is 0 Å². The molecule has 0 aromatic carbocycles. The van der Waals surface area contributed by atoms with Gasteiger partial charge in [-0.15, -0.1) is 0 Å². The minimum Gasteiger partial charge on any atom is -0.374 e. The molecule has 2 aliphatic heterocycles. The highest BCUT2D eigenvalue weighted by atomic mass is 35.5. The van der Waals surface area contributed by atoms with Crippen molar-refractivity contribution in [3.63, 3.8) is 0 Å². The summed E-state index contributed by atoms with van der Waals surface area (Å²) in [4.78, 5) is 11.4. The van der Waals surface area contributed by atoms with E-state index < -0.39 is 17.1 Å². The monoisotopic (exact) mass is 270 g/mol. The predicted octanol–water partition coefficient (Wildman–Crippen LogP) is 2.69. The van der Waals surface area contributed by atoms with Crippen LogP contribution in [-0.4, -0.2) is 34.9 Å². The van der Waals surface area contributed by atoms with E-state index in [2.05, 4.69) is 0 Å². The lowest BCUT2D eigenvalue weighted by atomic mass is 9.83. The minimum absolute atomic E-state index is 0.355. The molecular weight excluding hydrogens is 258 g/mol. The first-order valence-corrected chi connectivity index (χ1v) is 6.79. The van der Waals surface area contributed by atoms with Gasteiger partial charge < -0.3 is 4.74 Å². The number of hydrogen-bond acceptors (Lipinski definition) is 3. The average Bonchev–Trinajstić information content (AvgIpc) is 2.64. The Morgan fingerprint density at radius 3 is 2.88 bits per heavy atom. The van der Waals surface area contributed by atoms with Gasteiger partial charge in [0.1, 0.15) is 0 Å². The molecule has 2 heterocycles. The lowest BCUT2D eigenvalue weighted by Crippen LogP contribution is -2.44. The molecule has 92 valence electrons. The maximum absolute atomic E-state index is 12.7. The third kappa shape index (κ3) is 2.51. The number of Topliss-reactive ketones (excluding diaryl/α,β-unsaturated/α-hetero) is 1. The molecule has 2 atom stereocenters. The highest BCUT2D eigenvalue weighted by Crippen LogP contribution is 2.42. The second-order valence-corrected chi connectivity index (χ2v) is 5.97. The fourth-order valence-electron chi connectivity index (χ4n) is 2.35. The molecule has 0 amide bonds. The van der Waals surface area contributed by atoms with Crippen molar-refractivity contribution in [3.8, 4) is 0 Å². The predicted molar refractivity (Wildman–Crippen MR) is 59.2 cm³/mol. The van der Waals surface area contributed by atoms with E-state index in [0.717, 1.165) is 17.9 Å². The molecule has 0 bridgehead atoms. The Bertz CT molecular complexity index is 287. The highest BCUT2D eigenvalue weighted by Gasteiger charge is 2.48. The molecule has 0 N–H and O–H groups in total. The lowest BCUT2D eigenvalue weighted by Gasteiger charge is -2.37. The molecule has 0 radical (unpaired) electrons. The van der Waals surface area contributed by atoms with E-state index in [1.807, 2.05) is 0 Å². The number of hydrogen-bond donors (Lipinski definition) is 0. The summed E-state index contributed by atoms with van der Waals surface area (Å²) in [6.45, 7) is 0.379. The molecule has 1 spiro atoms. The quantitative estimate of drug-likeness (QED) is 0.722. The Labute approximate surface area is 102 Å². The topological polar surface area (TPSA) is 26.3 Å². The summed E-state index contributed by atoms with van der Waals surface area (Å²) in [5.74, 6) is -0.0308. The van der Waals surface area contributed by atoms with Gasteiger partial charge >= 0.3 is 5.38 Å². The number of ether oxygens (including phenoxy) is 1. The lowest BCUT2D eigenvalue weighted by molar-refractivity contribution is -0.147. The third-order valence-corrected chi connectivity index (χ3v) is 4.62.